The molecule has 2 aliphatic rings. The number of rotatable bonds is 6. The molecule has 0 spiro atoms. The Balaban J connectivity index is 1.49. The van der Waals surface area contributed by atoms with Crippen molar-refractivity contribution in [2.45, 2.75) is 13.3 Å². The summed E-state index contributed by atoms with van der Waals surface area (Å²) in [6, 6.07) is 3.55. The standard InChI is InChI=1S/C20H31N5O5S/c1-3-30-20(27)17-5-6-18(21-15-17)23-8-4-7-22(9-10-23)16-19(26)24-11-13-25(14-12-24)31(2,28)29/h5-6,15H,3-4,7-14,16H2,1-2H3. The van der Waals surface area contributed by atoms with Crippen LogP contribution in [0.3, 0.4) is 0 Å². The second-order valence-corrected chi connectivity index (χ2v) is 9.77. The highest BCUT2D eigenvalue weighted by atomic mass is 32.2. The number of piperazine rings is 1. The molecule has 0 aromatic carbocycles. The minimum atomic E-state index is -3.20. The van der Waals surface area contributed by atoms with Gasteiger partial charge in [0.25, 0.3) is 0 Å². The number of hydrogen-bond donors (Lipinski definition) is 0. The number of carbonyl (C=O) groups excluding carboxylic acids is 2. The second kappa shape index (κ2) is 10.4. The zero-order valence-electron chi connectivity index (χ0n) is 18.2. The number of anilines is 1. The maximum atomic E-state index is 12.7. The van der Waals surface area contributed by atoms with Crippen LogP contribution in [0, 0.1) is 0 Å². The Morgan fingerprint density at radius 1 is 1.03 bits per heavy atom. The molecule has 0 bridgehead atoms. The Bertz CT molecular complexity index is 868. The van der Waals surface area contributed by atoms with Gasteiger partial charge in [-0.05, 0) is 25.5 Å². The third-order valence-corrected chi connectivity index (χ3v) is 6.89. The van der Waals surface area contributed by atoms with Crippen molar-refractivity contribution < 1.29 is 22.7 Å². The summed E-state index contributed by atoms with van der Waals surface area (Å²) in [5, 5.41) is 0. The molecule has 172 valence electrons. The van der Waals surface area contributed by atoms with Crippen molar-refractivity contribution in [2.75, 3.05) is 76.7 Å². The Labute approximate surface area is 183 Å². The van der Waals surface area contributed by atoms with Gasteiger partial charge in [0, 0.05) is 58.6 Å². The number of esters is 1. The number of hydrogen-bond acceptors (Lipinski definition) is 8. The average Bonchev–Trinajstić information content (AvgIpc) is 2.99. The van der Waals surface area contributed by atoms with E-state index in [4.69, 9.17) is 4.74 Å². The summed E-state index contributed by atoms with van der Waals surface area (Å²) < 4.78 is 29.7. The van der Waals surface area contributed by atoms with Crippen LogP contribution in [0.5, 0.6) is 0 Å². The summed E-state index contributed by atoms with van der Waals surface area (Å²) in [7, 11) is -3.20. The summed E-state index contributed by atoms with van der Waals surface area (Å²) in [5.74, 6) is 0.469. The zero-order chi connectivity index (χ0) is 22.4. The SMILES string of the molecule is CCOC(=O)c1ccc(N2CCCN(CC(=O)N3CCN(S(C)(=O)=O)CC3)CC2)nc1. The predicted molar refractivity (Wildman–Crippen MR) is 116 cm³/mol. The van der Waals surface area contributed by atoms with Crippen LogP contribution in [0.25, 0.3) is 0 Å². The first-order valence-electron chi connectivity index (χ1n) is 10.6. The molecular formula is C20H31N5O5S. The molecule has 0 unspecified atom stereocenters. The van der Waals surface area contributed by atoms with E-state index in [0.29, 0.717) is 44.9 Å². The van der Waals surface area contributed by atoms with Crippen LogP contribution in [-0.4, -0.2) is 111 Å². The number of carbonyl (C=O) groups is 2. The number of aromatic nitrogens is 1. The minimum absolute atomic E-state index is 0.0403. The number of amides is 1. The Hall–Kier alpha value is -2.24. The van der Waals surface area contributed by atoms with Gasteiger partial charge in [-0.2, -0.15) is 4.31 Å². The fourth-order valence-electron chi connectivity index (χ4n) is 3.83. The number of nitrogens with zero attached hydrogens (tertiary/aromatic N) is 5. The fourth-order valence-corrected chi connectivity index (χ4v) is 4.65. The number of pyridine rings is 1. The van der Waals surface area contributed by atoms with Crippen molar-refractivity contribution in [3.05, 3.63) is 23.9 Å². The zero-order valence-corrected chi connectivity index (χ0v) is 19.0. The van der Waals surface area contributed by atoms with Crippen LogP contribution in [0.1, 0.15) is 23.7 Å². The molecule has 0 N–H and O–H groups in total. The molecule has 10 nitrogen and oxygen atoms in total. The van der Waals surface area contributed by atoms with E-state index in [9.17, 15) is 18.0 Å². The molecule has 3 heterocycles. The lowest BCUT2D eigenvalue weighted by Crippen LogP contribution is -2.52. The summed E-state index contributed by atoms with van der Waals surface area (Å²) in [6.45, 7) is 7.11. The normalized spacial score (nSPS) is 19.2. The van der Waals surface area contributed by atoms with E-state index in [1.54, 1.807) is 17.9 Å². The summed E-state index contributed by atoms with van der Waals surface area (Å²) >= 11 is 0. The lowest BCUT2D eigenvalue weighted by atomic mass is 10.2. The molecule has 0 saturated carbocycles. The number of ether oxygens (including phenoxy) is 1. The molecule has 31 heavy (non-hydrogen) atoms. The average molecular weight is 454 g/mol. The highest BCUT2D eigenvalue weighted by Gasteiger charge is 2.27. The van der Waals surface area contributed by atoms with Crippen LogP contribution < -0.4 is 4.90 Å². The molecule has 1 amide bonds. The van der Waals surface area contributed by atoms with Crippen LogP contribution in [0.15, 0.2) is 18.3 Å². The first-order valence-corrected chi connectivity index (χ1v) is 12.5. The molecule has 0 atom stereocenters. The lowest BCUT2D eigenvalue weighted by Gasteiger charge is -2.34. The quantitative estimate of drug-likeness (QED) is 0.549. The van der Waals surface area contributed by atoms with E-state index in [-0.39, 0.29) is 11.9 Å². The van der Waals surface area contributed by atoms with E-state index in [1.165, 1.54) is 16.8 Å². The molecule has 11 heteroatoms. The van der Waals surface area contributed by atoms with Crippen molar-refractivity contribution >= 4 is 27.7 Å². The topological polar surface area (TPSA) is 103 Å². The van der Waals surface area contributed by atoms with Crippen molar-refractivity contribution in [1.82, 2.24) is 19.1 Å². The van der Waals surface area contributed by atoms with Crippen molar-refractivity contribution in [3.8, 4) is 0 Å². The Morgan fingerprint density at radius 2 is 1.77 bits per heavy atom. The van der Waals surface area contributed by atoms with Gasteiger partial charge < -0.3 is 14.5 Å². The molecule has 1 aromatic rings. The van der Waals surface area contributed by atoms with Gasteiger partial charge in [0.05, 0.1) is 25.0 Å². The van der Waals surface area contributed by atoms with Gasteiger partial charge in [0.15, 0.2) is 0 Å². The van der Waals surface area contributed by atoms with Gasteiger partial charge >= 0.3 is 5.97 Å². The van der Waals surface area contributed by atoms with Crippen molar-refractivity contribution in [1.29, 1.82) is 0 Å². The largest absolute Gasteiger partial charge is 0.462 e. The molecule has 0 aliphatic carbocycles. The van der Waals surface area contributed by atoms with E-state index in [0.717, 1.165) is 38.4 Å². The lowest BCUT2D eigenvalue weighted by molar-refractivity contribution is -0.133. The minimum Gasteiger partial charge on any atom is -0.462 e. The van der Waals surface area contributed by atoms with Gasteiger partial charge in [-0.1, -0.05) is 0 Å². The van der Waals surface area contributed by atoms with Gasteiger partial charge in [-0.15, -0.1) is 0 Å². The first-order chi connectivity index (χ1) is 14.8. The van der Waals surface area contributed by atoms with E-state index in [1.807, 2.05) is 6.07 Å². The van der Waals surface area contributed by atoms with E-state index >= 15 is 0 Å². The molecule has 2 fully saturated rings. The molecule has 0 radical (unpaired) electrons. The van der Waals surface area contributed by atoms with Crippen LogP contribution in [0.2, 0.25) is 0 Å². The fraction of sp³-hybridized carbons (Fsp3) is 0.650. The summed E-state index contributed by atoms with van der Waals surface area (Å²) in [6.07, 6.45) is 3.64. The van der Waals surface area contributed by atoms with Crippen LogP contribution >= 0.6 is 0 Å². The van der Waals surface area contributed by atoms with Crippen molar-refractivity contribution in [3.63, 3.8) is 0 Å². The first kappa shape index (κ1) is 23.4. The second-order valence-electron chi connectivity index (χ2n) is 7.79. The smallest absolute Gasteiger partial charge is 0.339 e. The monoisotopic (exact) mass is 453 g/mol. The van der Waals surface area contributed by atoms with E-state index < -0.39 is 10.0 Å². The third kappa shape index (κ3) is 6.37. The Morgan fingerprint density at radius 3 is 2.39 bits per heavy atom. The third-order valence-electron chi connectivity index (χ3n) is 5.59. The predicted octanol–water partition coefficient (Wildman–Crippen LogP) is -0.126. The molecule has 2 saturated heterocycles. The molecule has 1 aromatic heterocycles. The Kier molecular flexibility index (Phi) is 7.84. The summed E-state index contributed by atoms with van der Waals surface area (Å²) in [4.78, 5) is 34.9. The van der Waals surface area contributed by atoms with Gasteiger partial charge in [0.2, 0.25) is 15.9 Å². The molecular weight excluding hydrogens is 422 g/mol. The highest BCUT2D eigenvalue weighted by Crippen LogP contribution is 2.15. The highest BCUT2D eigenvalue weighted by molar-refractivity contribution is 7.88. The van der Waals surface area contributed by atoms with E-state index in [2.05, 4.69) is 14.8 Å². The summed E-state index contributed by atoms with van der Waals surface area (Å²) in [5.41, 5.74) is 0.434. The molecule has 2 aliphatic heterocycles. The van der Waals surface area contributed by atoms with Crippen LogP contribution in [0.4, 0.5) is 5.82 Å². The number of sulfonamides is 1. The van der Waals surface area contributed by atoms with Crippen molar-refractivity contribution in [2.24, 2.45) is 0 Å². The van der Waals surface area contributed by atoms with Gasteiger partial charge in [0.1, 0.15) is 5.82 Å². The maximum absolute atomic E-state index is 12.7. The maximum Gasteiger partial charge on any atom is 0.339 e. The van der Waals surface area contributed by atoms with Gasteiger partial charge in [-0.25, -0.2) is 18.2 Å². The molecule has 3 rings (SSSR count). The van der Waals surface area contributed by atoms with Crippen LogP contribution in [-0.2, 0) is 19.6 Å². The van der Waals surface area contributed by atoms with Gasteiger partial charge in [-0.3, -0.25) is 9.69 Å².